The Bertz CT molecular complexity index is 1090. The summed E-state index contributed by atoms with van der Waals surface area (Å²) in [5.41, 5.74) is 0.867. The van der Waals surface area contributed by atoms with Crippen molar-refractivity contribution in [3.8, 4) is 5.75 Å². The lowest BCUT2D eigenvalue weighted by molar-refractivity contribution is -0.139. The molecule has 0 bridgehead atoms. The van der Waals surface area contributed by atoms with Crippen LogP contribution in [0.3, 0.4) is 0 Å². The van der Waals surface area contributed by atoms with Crippen molar-refractivity contribution < 1.29 is 22.7 Å². The zero-order valence-electron chi connectivity index (χ0n) is 18.8. The number of benzene rings is 2. The fraction of sp³-hybridized carbons (Fsp3) is 0.364. The first-order chi connectivity index (χ1) is 15.5. The zero-order valence-corrected chi connectivity index (χ0v) is 21.2. The Kier molecular flexibility index (Phi) is 9.39. The van der Waals surface area contributed by atoms with Gasteiger partial charge in [-0.25, -0.2) is 8.42 Å². The van der Waals surface area contributed by atoms with Gasteiger partial charge in [0.15, 0.2) is 0 Å². The van der Waals surface area contributed by atoms with Gasteiger partial charge in [-0.1, -0.05) is 35.3 Å². The van der Waals surface area contributed by atoms with Crippen molar-refractivity contribution >= 4 is 50.7 Å². The molecular weight excluding hydrogens is 489 g/mol. The summed E-state index contributed by atoms with van der Waals surface area (Å²) >= 11 is 12.1. The van der Waals surface area contributed by atoms with Gasteiger partial charge in [-0.3, -0.25) is 13.9 Å². The van der Waals surface area contributed by atoms with Crippen molar-refractivity contribution in [3.63, 3.8) is 0 Å². The predicted octanol–water partition coefficient (Wildman–Crippen LogP) is 3.32. The van der Waals surface area contributed by atoms with E-state index in [1.807, 2.05) is 0 Å². The third-order valence-corrected chi connectivity index (χ3v) is 6.40. The topological polar surface area (TPSA) is 96.0 Å². The van der Waals surface area contributed by atoms with Crippen molar-refractivity contribution in [1.29, 1.82) is 0 Å². The molecule has 1 N–H and O–H groups in total. The number of halogens is 2. The van der Waals surface area contributed by atoms with Crippen molar-refractivity contribution in [3.05, 3.63) is 58.1 Å². The van der Waals surface area contributed by atoms with E-state index in [1.54, 1.807) is 38.1 Å². The Morgan fingerprint density at radius 2 is 1.76 bits per heavy atom. The Morgan fingerprint density at radius 1 is 1.12 bits per heavy atom. The van der Waals surface area contributed by atoms with Gasteiger partial charge >= 0.3 is 0 Å². The van der Waals surface area contributed by atoms with Crippen LogP contribution < -0.4 is 14.4 Å². The van der Waals surface area contributed by atoms with E-state index < -0.39 is 28.5 Å². The molecule has 0 heterocycles. The lowest BCUT2D eigenvalue weighted by Crippen LogP contribution is -2.51. The number of carbonyl (C=O) groups excluding carboxylic acids is 2. The van der Waals surface area contributed by atoms with E-state index in [-0.39, 0.29) is 28.2 Å². The smallest absolute Gasteiger partial charge is 0.244 e. The Labute approximate surface area is 204 Å². The minimum absolute atomic E-state index is 0.0717. The lowest BCUT2D eigenvalue weighted by atomic mass is 10.1. The Morgan fingerprint density at radius 3 is 2.30 bits per heavy atom. The van der Waals surface area contributed by atoms with E-state index in [1.165, 1.54) is 30.2 Å². The van der Waals surface area contributed by atoms with Crippen LogP contribution in [0.4, 0.5) is 5.69 Å². The van der Waals surface area contributed by atoms with E-state index in [0.29, 0.717) is 12.3 Å². The number of hydrogen-bond donors (Lipinski definition) is 1. The van der Waals surface area contributed by atoms with E-state index in [2.05, 4.69) is 5.32 Å². The number of nitrogens with zero attached hydrogens (tertiary/aromatic N) is 2. The van der Waals surface area contributed by atoms with Crippen molar-refractivity contribution in [2.45, 2.75) is 26.4 Å². The van der Waals surface area contributed by atoms with Crippen LogP contribution in [-0.4, -0.2) is 57.6 Å². The van der Waals surface area contributed by atoms with Crippen LogP contribution in [0, 0.1) is 0 Å². The number of nitrogens with one attached hydrogen (secondary N) is 1. The molecule has 0 spiro atoms. The van der Waals surface area contributed by atoms with Gasteiger partial charge in [0.25, 0.3) is 0 Å². The fourth-order valence-electron chi connectivity index (χ4n) is 3.17. The van der Waals surface area contributed by atoms with Gasteiger partial charge in [0.1, 0.15) is 18.3 Å². The van der Waals surface area contributed by atoms with E-state index >= 15 is 0 Å². The molecule has 11 heteroatoms. The summed E-state index contributed by atoms with van der Waals surface area (Å²) in [6.45, 7) is 3.28. The van der Waals surface area contributed by atoms with Crippen LogP contribution in [0.2, 0.25) is 10.0 Å². The first-order valence-electron chi connectivity index (χ1n) is 10.1. The van der Waals surface area contributed by atoms with Crippen LogP contribution in [-0.2, 0) is 26.2 Å². The molecule has 2 rings (SSSR count). The highest BCUT2D eigenvalue weighted by Gasteiger charge is 2.30. The number of hydrogen-bond acceptors (Lipinski definition) is 5. The molecule has 0 aliphatic carbocycles. The average Bonchev–Trinajstić information content (AvgIpc) is 2.74. The number of ether oxygens (including phenoxy) is 1. The molecule has 2 amide bonds. The predicted molar refractivity (Wildman–Crippen MR) is 130 cm³/mol. The first kappa shape index (κ1) is 26.8. The molecule has 0 aliphatic heterocycles. The third kappa shape index (κ3) is 7.52. The molecule has 1 atom stereocenters. The monoisotopic (exact) mass is 515 g/mol. The molecule has 2 aromatic rings. The minimum atomic E-state index is -3.87. The molecule has 0 saturated carbocycles. The normalized spacial score (nSPS) is 12.1. The van der Waals surface area contributed by atoms with Gasteiger partial charge in [0, 0.05) is 23.1 Å². The van der Waals surface area contributed by atoms with Crippen LogP contribution in [0.1, 0.15) is 19.4 Å². The fourth-order valence-corrected chi connectivity index (χ4v) is 4.52. The third-order valence-electron chi connectivity index (χ3n) is 4.82. The molecule has 180 valence electrons. The number of methoxy groups -OCH3 is 1. The second-order valence-electron chi connectivity index (χ2n) is 7.34. The molecule has 0 aromatic heterocycles. The maximum Gasteiger partial charge on any atom is 0.244 e. The van der Waals surface area contributed by atoms with E-state index in [9.17, 15) is 18.0 Å². The second kappa shape index (κ2) is 11.6. The second-order valence-corrected chi connectivity index (χ2v) is 10.1. The summed E-state index contributed by atoms with van der Waals surface area (Å²) in [6.07, 6.45) is 0.981. The number of sulfonamides is 1. The highest BCUT2D eigenvalue weighted by atomic mass is 35.5. The van der Waals surface area contributed by atoms with Crippen molar-refractivity contribution in [1.82, 2.24) is 10.2 Å². The number of amides is 2. The summed E-state index contributed by atoms with van der Waals surface area (Å²) in [4.78, 5) is 27.3. The molecule has 0 fully saturated rings. The van der Waals surface area contributed by atoms with E-state index in [0.717, 1.165) is 16.1 Å². The van der Waals surface area contributed by atoms with Gasteiger partial charge in [0.2, 0.25) is 21.8 Å². The minimum Gasteiger partial charge on any atom is -0.497 e. The summed E-state index contributed by atoms with van der Waals surface area (Å²) in [5.74, 6) is -0.333. The quantitative estimate of drug-likeness (QED) is 0.523. The molecule has 2 aromatic carbocycles. The van der Waals surface area contributed by atoms with Crippen LogP contribution in [0.25, 0.3) is 0 Å². The largest absolute Gasteiger partial charge is 0.497 e. The molecule has 1 unspecified atom stereocenters. The summed E-state index contributed by atoms with van der Waals surface area (Å²) in [6, 6.07) is 10.5. The van der Waals surface area contributed by atoms with Crippen LogP contribution >= 0.6 is 23.2 Å². The standard InChI is InChI=1S/C22H27Cl2N3O5S/c1-5-25-22(29)15(2)26(13-16-7-6-8-20(9-16)32-3)21(28)14-27(33(4,30)31)19-11-17(23)10-18(24)12-19/h6-12,15H,5,13-14H2,1-4H3,(H,25,29). The zero-order chi connectivity index (χ0) is 24.8. The van der Waals surface area contributed by atoms with Gasteiger partial charge in [-0.15, -0.1) is 0 Å². The number of carbonyl (C=O) groups is 2. The van der Waals surface area contributed by atoms with Gasteiger partial charge in [0.05, 0.1) is 19.1 Å². The Balaban J connectivity index is 2.42. The Hall–Kier alpha value is -2.49. The van der Waals surface area contributed by atoms with Gasteiger partial charge in [-0.2, -0.15) is 0 Å². The van der Waals surface area contributed by atoms with Crippen LogP contribution in [0.5, 0.6) is 5.75 Å². The molecule has 0 radical (unpaired) electrons. The summed E-state index contributed by atoms with van der Waals surface area (Å²) < 4.78 is 31.2. The van der Waals surface area contributed by atoms with Gasteiger partial charge in [-0.05, 0) is 49.7 Å². The van der Waals surface area contributed by atoms with Crippen molar-refractivity contribution in [2.75, 3.05) is 30.8 Å². The SMILES string of the molecule is CCNC(=O)C(C)N(Cc1cccc(OC)c1)C(=O)CN(c1cc(Cl)cc(Cl)c1)S(C)(=O)=O. The van der Waals surface area contributed by atoms with Gasteiger partial charge < -0.3 is 15.0 Å². The highest BCUT2D eigenvalue weighted by Crippen LogP contribution is 2.27. The maximum atomic E-state index is 13.4. The number of rotatable bonds is 10. The number of anilines is 1. The number of likely N-dealkylation sites (N-methyl/N-ethyl adjacent to an activating group) is 1. The first-order valence-corrected chi connectivity index (χ1v) is 12.7. The molecule has 0 aliphatic rings. The average molecular weight is 516 g/mol. The maximum absolute atomic E-state index is 13.4. The molecule has 33 heavy (non-hydrogen) atoms. The van der Waals surface area contributed by atoms with E-state index in [4.69, 9.17) is 27.9 Å². The molecule has 8 nitrogen and oxygen atoms in total. The summed E-state index contributed by atoms with van der Waals surface area (Å²) in [5, 5.41) is 3.14. The molecular formula is C22H27Cl2N3O5S. The highest BCUT2D eigenvalue weighted by molar-refractivity contribution is 7.92. The lowest BCUT2D eigenvalue weighted by Gasteiger charge is -2.31. The summed E-state index contributed by atoms with van der Waals surface area (Å²) in [7, 11) is -2.34. The van der Waals surface area contributed by atoms with Crippen molar-refractivity contribution in [2.24, 2.45) is 0 Å². The molecule has 0 saturated heterocycles. The van der Waals surface area contributed by atoms with Crippen LogP contribution in [0.15, 0.2) is 42.5 Å².